The molecule has 2 aromatic rings. The first kappa shape index (κ1) is 24.9. The summed E-state index contributed by atoms with van der Waals surface area (Å²) in [5, 5.41) is 5.43. The molecule has 0 bridgehead atoms. The lowest BCUT2D eigenvalue weighted by molar-refractivity contribution is -0.127. The molecule has 34 heavy (non-hydrogen) atoms. The summed E-state index contributed by atoms with van der Waals surface area (Å²) < 4.78 is 16.3. The number of halogens is 1. The number of nitrogens with zero attached hydrogens (tertiary/aromatic N) is 1. The van der Waals surface area contributed by atoms with Crippen LogP contribution in [0.15, 0.2) is 42.1 Å². The molecule has 1 saturated heterocycles. The summed E-state index contributed by atoms with van der Waals surface area (Å²) in [6.07, 6.45) is 2.18. The van der Waals surface area contributed by atoms with Crippen LogP contribution in [0.2, 0.25) is 5.02 Å². The average molecular weight is 488 g/mol. The van der Waals surface area contributed by atoms with Crippen LogP contribution in [-0.4, -0.2) is 49.6 Å². The maximum Gasteiger partial charge on any atom is 0.329 e. The highest BCUT2D eigenvalue weighted by molar-refractivity contribution is 6.32. The van der Waals surface area contributed by atoms with E-state index in [4.69, 9.17) is 25.8 Å². The van der Waals surface area contributed by atoms with Crippen LogP contribution in [-0.2, 0) is 9.59 Å². The molecule has 0 aromatic heterocycles. The predicted octanol–water partition coefficient (Wildman–Crippen LogP) is 4.07. The topological polar surface area (TPSA) is 106 Å². The van der Waals surface area contributed by atoms with Crippen LogP contribution in [0.1, 0.15) is 25.8 Å². The van der Waals surface area contributed by atoms with Gasteiger partial charge in [0.05, 0.1) is 25.3 Å². The quantitative estimate of drug-likeness (QED) is 0.408. The van der Waals surface area contributed by atoms with Crippen LogP contribution in [0.25, 0.3) is 6.08 Å². The van der Waals surface area contributed by atoms with Gasteiger partial charge in [0, 0.05) is 5.69 Å². The lowest BCUT2D eigenvalue weighted by Crippen LogP contribution is -2.38. The SMILES string of the molecule is CC[C@H](C)Oc1c(Cl)cc(/C=C2\NC(=O)N(CC(=O)Nc3ccc(OC)cc3)C2=O)cc1OC. The maximum atomic E-state index is 12.8. The molecule has 0 unspecified atom stereocenters. The van der Waals surface area contributed by atoms with Crippen LogP contribution in [0.4, 0.5) is 10.5 Å². The van der Waals surface area contributed by atoms with Crippen molar-refractivity contribution in [1.29, 1.82) is 0 Å². The number of methoxy groups -OCH3 is 2. The summed E-state index contributed by atoms with van der Waals surface area (Å²) in [5.41, 5.74) is 1.04. The molecule has 1 fully saturated rings. The number of urea groups is 1. The number of ether oxygens (including phenoxy) is 3. The Labute approximate surface area is 202 Å². The molecule has 4 amide bonds. The van der Waals surface area contributed by atoms with E-state index in [-0.39, 0.29) is 11.8 Å². The fraction of sp³-hybridized carbons (Fsp3) is 0.292. The van der Waals surface area contributed by atoms with Crippen molar-refractivity contribution in [2.45, 2.75) is 26.4 Å². The van der Waals surface area contributed by atoms with Crippen molar-refractivity contribution in [1.82, 2.24) is 10.2 Å². The van der Waals surface area contributed by atoms with Crippen LogP contribution >= 0.6 is 11.6 Å². The molecular formula is C24H26ClN3O6. The summed E-state index contributed by atoms with van der Waals surface area (Å²) in [6, 6.07) is 9.23. The minimum atomic E-state index is -0.698. The normalized spacial score (nSPS) is 15.2. The maximum absolute atomic E-state index is 12.8. The van der Waals surface area contributed by atoms with E-state index >= 15 is 0 Å². The van der Waals surface area contributed by atoms with E-state index in [0.29, 0.717) is 33.5 Å². The fourth-order valence-corrected chi connectivity index (χ4v) is 3.39. The van der Waals surface area contributed by atoms with E-state index in [2.05, 4.69) is 10.6 Å². The van der Waals surface area contributed by atoms with E-state index in [1.54, 1.807) is 36.4 Å². The highest BCUT2D eigenvalue weighted by atomic mass is 35.5. The summed E-state index contributed by atoms with van der Waals surface area (Å²) in [5.74, 6) is 0.278. The molecule has 1 atom stereocenters. The summed E-state index contributed by atoms with van der Waals surface area (Å²) in [7, 11) is 3.02. The van der Waals surface area contributed by atoms with Crippen LogP contribution in [0, 0.1) is 0 Å². The van der Waals surface area contributed by atoms with Gasteiger partial charge in [-0.05, 0) is 61.4 Å². The number of amides is 4. The molecule has 0 spiro atoms. The van der Waals surface area contributed by atoms with Crippen LogP contribution in [0.5, 0.6) is 17.2 Å². The average Bonchev–Trinajstić information content (AvgIpc) is 3.08. The second-order valence-corrected chi connectivity index (χ2v) is 7.93. The number of hydrogen-bond donors (Lipinski definition) is 2. The first-order chi connectivity index (χ1) is 16.2. The Hall–Kier alpha value is -3.72. The molecule has 0 radical (unpaired) electrons. The zero-order chi connectivity index (χ0) is 24.8. The Kier molecular flexibility index (Phi) is 8.01. The molecule has 9 nitrogen and oxygen atoms in total. The Morgan fingerprint density at radius 1 is 1.18 bits per heavy atom. The number of imide groups is 1. The lowest BCUT2D eigenvalue weighted by atomic mass is 10.1. The number of carbonyl (C=O) groups is 3. The van der Waals surface area contributed by atoms with Gasteiger partial charge in [0.1, 0.15) is 18.0 Å². The highest BCUT2D eigenvalue weighted by Crippen LogP contribution is 2.38. The van der Waals surface area contributed by atoms with Gasteiger partial charge < -0.3 is 24.8 Å². The van der Waals surface area contributed by atoms with E-state index in [1.807, 2.05) is 13.8 Å². The number of carbonyl (C=O) groups excluding carboxylic acids is 3. The van der Waals surface area contributed by atoms with Gasteiger partial charge >= 0.3 is 6.03 Å². The number of benzene rings is 2. The van der Waals surface area contributed by atoms with Gasteiger partial charge in [-0.3, -0.25) is 9.59 Å². The number of hydrogen-bond acceptors (Lipinski definition) is 6. The van der Waals surface area contributed by atoms with E-state index in [1.165, 1.54) is 20.3 Å². The van der Waals surface area contributed by atoms with Gasteiger partial charge in [0.15, 0.2) is 11.5 Å². The Morgan fingerprint density at radius 2 is 1.88 bits per heavy atom. The minimum absolute atomic E-state index is 0.0101. The largest absolute Gasteiger partial charge is 0.497 e. The molecule has 180 valence electrons. The minimum Gasteiger partial charge on any atom is -0.497 e. The van der Waals surface area contributed by atoms with Crippen LogP contribution < -0.4 is 24.8 Å². The highest BCUT2D eigenvalue weighted by Gasteiger charge is 2.35. The monoisotopic (exact) mass is 487 g/mol. The Morgan fingerprint density at radius 3 is 2.50 bits per heavy atom. The van der Waals surface area contributed by atoms with E-state index in [0.717, 1.165) is 11.3 Å². The Bertz CT molecular complexity index is 1120. The first-order valence-corrected chi connectivity index (χ1v) is 11.0. The first-order valence-electron chi connectivity index (χ1n) is 10.6. The van der Waals surface area contributed by atoms with Gasteiger partial charge in [0.2, 0.25) is 5.91 Å². The van der Waals surface area contributed by atoms with Gasteiger partial charge in [-0.1, -0.05) is 18.5 Å². The standard InChI is InChI=1S/C24H26ClN3O6/c1-5-14(2)34-22-18(25)10-15(12-20(22)33-4)11-19-23(30)28(24(31)27-19)13-21(29)26-16-6-8-17(32-3)9-7-16/h6-12,14H,5,13H2,1-4H3,(H,26,29)(H,27,31)/b19-11-/t14-/m0/s1. The van der Waals surface area contributed by atoms with Crippen LogP contribution in [0.3, 0.4) is 0 Å². The third-order valence-electron chi connectivity index (χ3n) is 5.09. The predicted molar refractivity (Wildman–Crippen MR) is 128 cm³/mol. The smallest absolute Gasteiger partial charge is 0.329 e. The second kappa shape index (κ2) is 10.9. The van der Waals surface area contributed by atoms with Crippen molar-refractivity contribution in [3.63, 3.8) is 0 Å². The molecule has 1 aliphatic rings. The van der Waals surface area contributed by atoms with Gasteiger partial charge in [0.25, 0.3) is 5.91 Å². The molecule has 10 heteroatoms. The van der Waals surface area contributed by atoms with Crippen molar-refractivity contribution in [3.05, 3.63) is 52.7 Å². The summed E-state index contributed by atoms with van der Waals surface area (Å²) in [6.45, 7) is 3.46. The summed E-state index contributed by atoms with van der Waals surface area (Å²) in [4.78, 5) is 38.3. The molecule has 0 aliphatic carbocycles. The van der Waals surface area contributed by atoms with Gasteiger partial charge in [-0.25, -0.2) is 9.69 Å². The van der Waals surface area contributed by atoms with Crippen molar-refractivity contribution in [2.24, 2.45) is 0 Å². The van der Waals surface area contributed by atoms with E-state index in [9.17, 15) is 14.4 Å². The fourth-order valence-electron chi connectivity index (χ4n) is 3.12. The molecule has 0 saturated carbocycles. The zero-order valence-corrected chi connectivity index (χ0v) is 20.1. The molecular weight excluding hydrogens is 462 g/mol. The third-order valence-corrected chi connectivity index (χ3v) is 5.38. The van der Waals surface area contributed by atoms with Crippen molar-refractivity contribution in [3.8, 4) is 17.2 Å². The molecule has 2 N–H and O–H groups in total. The second-order valence-electron chi connectivity index (χ2n) is 7.53. The van der Waals surface area contributed by atoms with E-state index < -0.39 is 24.4 Å². The lowest BCUT2D eigenvalue weighted by Gasteiger charge is -2.17. The third kappa shape index (κ3) is 5.79. The van der Waals surface area contributed by atoms with Crippen molar-refractivity contribution >= 4 is 41.2 Å². The van der Waals surface area contributed by atoms with Gasteiger partial charge in [-0.15, -0.1) is 0 Å². The number of nitrogens with one attached hydrogen (secondary N) is 2. The summed E-state index contributed by atoms with van der Waals surface area (Å²) >= 11 is 6.38. The number of anilines is 1. The zero-order valence-electron chi connectivity index (χ0n) is 19.3. The van der Waals surface area contributed by atoms with Crippen molar-refractivity contribution < 1.29 is 28.6 Å². The number of rotatable bonds is 9. The molecule has 2 aromatic carbocycles. The molecule has 3 rings (SSSR count). The Balaban J connectivity index is 1.73. The molecule has 1 aliphatic heterocycles. The van der Waals surface area contributed by atoms with Gasteiger partial charge in [-0.2, -0.15) is 0 Å². The molecule has 1 heterocycles. The van der Waals surface area contributed by atoms with Crippen molar-refractivity contribution in [2.75, 3.05) is 26.1 Å².